The van der Waals surface area contributed by atoms with Gasteiger partial charge in [-0.05, 0) is 38.2 Å². The van der Waals surface area contributed by atoms with Crippen molar-refractivity contribution in [2.45, 2.75) is 46.0 Å². The fraction of sp³-hybridized carbons (Fsp3) is 0.588. The van der Waals surface area contributed by atoms with E-state index in [0.717, 1.165) is 18.5 Å². The van der Waals surface area contributed by atoms with E-state index in [4.69, 9.17) is 0 Å². The Hall–Kier alpha value is -1.67. The number of halogens is 1. The summed E-state index contributed by atoms with van der Waals surface area (Å²) in [6, 6.07) is 0. The second-order valence-electron chi connectivity index (χ2n) is 6.06. The van der Waals surface area contributed by atoms with Crippen LogP contribution in [0.1, 0.15) is 46.0 Å². The van der Waals surface area contributed by atoms with E-state index in [1.54, 1.807) is 13.0 Å². The summed E-state index contributed by atoms with van der Waals surface area (Å²) < 4.78 is 13.4. The van der Waals surface area contributed by atoms with Gasteiger partial charge in [-0.15, -0.1) is 0 Å². The average molecular weight is 291 g/mol. The summed E-state index contributed by atoms with van der Waals surface area (Å²) in [5.41, 5.74) is 3.32. The maximum atomic E-state index is 13.4. The van der Waals surface area contributed by atoms with Crippen LogP contribution in [0.15, 0.2) is 29.4 Å². The molecule has 0 radical (unpaired) electrons. The number of hydrogen-bond donors (Lipinski definition) is 1. The molecule has 114 valence electrons. The van der Waals surface area contributed by atoms with Gasteiger partial charge in [0.1, 0.15) is 11.6 Å². The molecule has 0 aromatic rings. The molecule has 0 aromatic heterocycles. The van der Waals surface area contributed by atoms with Crippen LogP contribution in [0.4, 0.5) is 4.39 Å². The molecule has 2 unspecified atom stereocenters. The Kier molecular flexibility index (Phi) is 5.13. The minimum absolute atomic E-state index is 0.0873. The molecule has 2 aliphatic rings. The van der Waals surface area contributed by atoms with Crippen molar-refractivity contribution in [3.05, 3.63) is 29.4 Å². The molecule has 2 rings (SSSR count). The quantitative estimate of drug-likeness (QED) is 0.789. The monoisotopic (exact) mass is 291 g/mol. The Morgan fingerprint density at radius 1 is 1.48 bits per heavy atom. The van der Waals surface area contributed by atoms with E-state index < -0.39 is 0 Å². The van der Waals surface area contributed by atoms with Crippen LogP contribution in [0, 0.1) is 17.8 Å². The van der Waals surface area contributed by atoms with Crippen molar-refractivity contribution < 1.29 is 14.0 Å². The van der Waals surface area contributed by atoms with Crippen molar-refractivity contribution in [3.8, 4) is 0 Å². The van der Waals surface area contributed by atoms with Crippen LogP contribution in [-0.4, -0.2) is 11.7 Å². The summed E-state index contributed by atoms with van der Waals surface area (Å²) in [6.07, 6.45) is 6.61. The van der Waals surface area contributed by atoms with Crippen LogP contribution in [0.2, 0.25) is 0 Å². The highest BCUT2D eigenvalue weighted by atomic mass is 19.1. The lowest BCUT2D eigenvalue weighted by molar-refractivity contribution is -0.128. The Morgan fingerprint density at radius 2 is 2.19 bits per heavy atom. The number of nitrogens with one attached hydrogen (secondary N) is 1. The largest absolute Gasteiger partial charge is 0.330 e. The van der Waals surface area contributed by atoms with E-state index in [1.165, 1.54) is 0 Å². The molecule has 0 aliphatic heterocycles. The van der Waals surface area contributed by atoms with Gasteiger partial charge in [-0.3, -0.25) is 9.59 Å². The molecule has 0 heterocycles. The molecule has 2 aliphatic carbocycles. The van der Waals surface area contributed by atoms with Crippen molar-refractivity contribution in [1.82, 2.24) is 5.32 Å². The van der Waals surface area contributed by atoms with Crippen LogP contribution >= 0.6 is 0 Å². The standard InChI is InChI=1S/C17H22FNO2/c1-11-9-14(18)5-3-4-6-16(11)19-17(21)10-15(12(2)20)13-7-8-13/h3,6,11,13,15H,4,7-10H2,1-2H3,(H,19,21). The lowest BCUT2D eigenvalue weighted by Crippen LogP contribution is -2.30. The van der Waals surface area contributed by atoms with Crippen LogP contribution in [0.25, 0.3) is 0 Å². The topological polar surface area (TPSA) is 46.2 Å². The Labute approximate surface area is 125 Å². The zero-order valence-electron chi connectivity index (χ0n) is 12.6. The summed E-state index contributed by atoms with van der Waals surface area (Å²) in [4.78, 5) is 23.8. The number of rotatable bonds is 5. The minimum atomic E-state index is -0.290. The van der Waals surface area contributed by atoms with Gasteiger partial charge in [0, 0.05) is 30.4 Å². The number of ketones is 1. The Balaban J connectivity index is 1.95. The summed E-state index contributed by atoms with van der Waals surface area (Å²) in [6.45, 7) is 3.43. The molecule has 4 heteroatoms. The fourth-order valence-electron chi connectivity index (χ4n) is 2.72. The average Bonchev–Trinajstić information content (AvgIpc) is 3.21. The number of allylic oxidation sites excluding steroid dienone is 3. The molecule has 0 saturated heterocycles. The maximum absolute atomic E-state index is 13.4. The molecule has 1 saturated carbocycles. The summed E-state index contributed by atoms with van der Waals surface area (Å²) >= 11 is 0. The van der Waals surface area contributed by atoms with Gasteiger partial charge in [0.15, 0.2) is 0 Å². The van der Waals surface area contributed by atoms with Gasteiger partial charge >= 0.3 is 0 Å². The number of carbonyl (C=O) groups excluding carboxylic acids is 2. The van der Waals surface area contributed by atoms with Crippen molar-refractivity contribution in [2.24, 2.45) is 17.8 Å². The molecule has 1 N–H and O–H groups in total. The summed E-state index contributed by atoms with van der Waals surface area (Å²) in [5.74, 6) is -0.224. The first-order valence-electron chi connectivity index (χ1n) is 7.57. The van der Waals surface area contributed by atoms with Crippen molar-refractivity contribution in [3.63, 3.8) is 0 Å². The number of hydrogen-bond acceptors (Lipinski definition) is 2. The van der Waals surface area contributed by atoms with E-state index in [9.17, 15) is 14.0 Å². The molecule has 0 spiro atoms. The van der Waals surface area contributed by atoms with Gasteiger partial charge in [0.05, 0.1) is 0 Å². The van der Waals surface area contributed by atoms with Gasteiger partial charge < -0.3 is 5.32 Å². The number of carbonyl (C=O) groups is 2. The van der Waals surface area contributed by atoms with E-state index >= 15 is 0 Å². The predicted octanol–water partition coefficient (Wildman–Crippen LogP) is 3.43. The maximum Gasteiger partial charge on any atom is 0.224 e. The molecule has 0 aromatic carbocycles. The zero-order valence-corrected chi connectivity index (χ0v) is 12.6. The van der Waals surface area contributed by atoms with E-state index in [-0.39, 0.29) is 42.2 Å². The SMILES string of the molecule is CC(=O)C(CC(=O)NC1=CCC=C=C(F)CC1C)C1CC1. The minimum Gasteiger partial charge on any atom is -0.330 e. The smallest absolute Gasteiger partial charge is 0.224 e. The highest BCUT2D eigenvalue weighted by Gasteiger charge is 2.35. The van der Waals surface area contributed by atoms with Crippen LogP contribution in [0.3, 0.4) is 0 Å². The molecule has 0 bridgehead atoms. The third-order valence-electron chi connectivity index (χ3n) is 4.13. The van der Waals surface area contributed by atoms with Crippen molar-refractivity contribution in [1.29, 1.82) is 0 Å². The van der Waals surface area contributed by atoms with E-state index in [1.807, 2.05) is 13.0 Å². The van der Waals surface area contributed by atoms with Gasteiger partial charge in [-0.25, -0.2) is 4.39 Å². The zero-order chi connectivity index (χ0) is 15.4. The molecule has 1 amide bonds. The van der Waals surface area contributed by atoms with Crippen molar-refractivity contribution in [2.75, 3.05) is 0 Å². The number of amides is 1. The molecule has 3 nitrogen and oxygen atoms in total. The molecule has 21 heavy (non-hydrogen) atoms. The third-order valence-corrected chi connectivity index (χ3v) is 4.13. The highest BCUT2D eigenvalue weighted by molar-refractivity contribution is 5.86. The molecular formula is C17H22FNO2. The normalized spacial score (nSPS) is 23.5. The second kappa shape index (κ2) is 6.86. The number of Topliss-reactive ketones (excluding diaryl/α,β-unsaturated/α-hetero) is 1. The van der Waals surface area contributed by atoms with Gasteiger partial charge in [0.2, 0.25) is 5.91 Å². The van der Waals surface area contributed by atoms with Crippen LogP contribution < -0.4 is 5.32 Å². The van der Waals surface area contributed by atoms with Gasteiger partial charge in [0.25, 0.3) is 0 Å². The third kappa shape index (κ3) is 4.68. The first-order valence-corrected chi connectivity index (χ1v) is 7.57. The highest BCUT2D eigenvalue weighted by Crippen LogP contribution is 2.39. The first kappa shape index (κ1) is 15.7. The lowest BCUT2D eigenvalue weighted by Gasteiger charge is -2.19. The van der Waals surface area contributed by atoms with E-state index in [2.05, 4.69) is 11.0 Å². The first-order chi connectivity index (χ1) is 9.97. The fourth-order valence-corrected chi connectivity index (χ4v) is 2.72. The molecule has 2 atom stereocenters. The lowest BCUT2D eigenvalue weighted by atomic mass is 9.94. The van der Waals surface area contributed by atoms with Crippen LogP contribution in [0.5, 0.6) is 0 Å². The van der Waals surface area contributed by atoms with Crippen molar-refractivity contribution >= 4 is 11.7 Å². The summed E-state index contributed by atoms with van der Waals surface area (Å²) in [5, 5.41) is 2.87. The van der Waals surface area contributed by atoms with E-state index in [0.29, 0.717) is 12.3 Å². The Morgan fingerprint density at radius 3 is 2.81 bits per heavy atom. The van der Waals surface area contributed by atoms with Crippen LogP contribution in [-0.2, 0) is 9.59 Å². The molecule has 1 fully saturated rings. The Bertz CT molecular complexity index is 525. The second-order valence-corrected chi connectivity index (χ2v) is 6.06. The van der Waals surface area contributed by atoms with Gasteiger partial charge in [-0.1, -0.05) is 18.7 Å². The summed E-state index contributed by atoms with van der Waals surface area (Å²) in [7, 11) is 0. The molecular weight excluding hydrogens is 269 g/mol. The van der Waals surface area contributed by atoms with Gasteiger partial charge in [-0.2, -0.15) is 0 Å². The predicted molar refractivity (Wildman–Crippen MR) is 78.8 cm³/mol.